The molecule has 2 aliphatic rings. The van der Waals surface area contributed by atoms with Crippen molar-refractivity contribution in [2.75, 3.05) is 32.8 Å². The number of amides is 1. The van der Waals surface area contributed by atoms with E-state index in [-0.39, 0.29) is 18.1 Å². The zero-order valence-corrected chi connectivity index (χ0v) is 11.8. The van der Waals surface area contributed by atoms with Crippen LogP contribution in [0.3, 0.4) is 0 Å². The molecular formula is C14H26N2O3. The molecule has 110 valence electrons. The van der Waals surface area contributed by atoms with Crippen LogP contribution in [0.1, 0.15) is 32.6 Å². The van der Waals surface area contributed by atoms with E-state index in [9.17, 15) is 4.79 Å². The molecule has 2 saturated heterocycles. The van der Waals surface area contributed by atoms with E-state index in [2.05, 4.69) is 0 Å². The molecule has 0 aromatic carbocycles. The van der Waals surface area contributed by atoms with E-state index in [1.165, 1.54) is 6.42 Å². The molecule has 19 heavy (non-hydrogen) atoms. The molecule has 0 bridgehead atoms. The maximum atomic E-state index is 12.2. The number of hydrogen-bond donors (Lipinski definition) is 1. The van der Waals surface area contributed by atoms with E-state index in [0.717, 1.165) is 39.0 Å². The second-order valence-electron chi connectivity index (χ2n) is 5.64. The number of rotatable bonds is 5. The van der Waals surface area contributed by atoms with Crippen LogP contribution in [0.15, 0.2) is 0 Å². The van der Waals surface area contributed by atoms with Crippen molar-refractivity contribution >= 4 is 5.91 Å². The Balaban J connectivity index is 1.70. The summed E-state index contributed by atoms with van der Waals surface area (Å²) in [6.07, 6.45) is 4.18. The molecule has 2 N–H and O–H groups in total. The van der Waals surface area contributed by atoms with Crippen molar-refractivity contribution in [1.29, 1.82) is 0 Å². The number of nitrogens with zero attached hydrogens (tertiary/aromatic N) is 1. The van der Waals surface area contributed by atoms with E-state index in [4.69, 9.17) is 15.2 Å². The van der Waals surface area contributed by atoms with Gasteiger partial charge >= 0.3 is 0 Å². The summed E-state index contributed by atoms with van der Waals surface area (Å²) in [6.45, 7) is 5.44. The van der Waals surface area contributed by atoms with Gasteiger partial charge in [-0.25, -0.2) is 0 Å². The van der Waals surface area contributed by atoms with Gasteiger partial charge in [-0.1, -0.05) is 0 Å². The number of hydrogen-bond acceptors (Lipinski definition) is 4. The molecule has 2 fully saturated rings. The van der Waals surface area contributed by atoms with E-state index < -0.39 is 0 Å². The first-order chi connectivity index (χ1) is 9.20. The third kappa shape index (κ3) is 4.16. The molecule has 0 spiro atoms. The molecular weight excluding hydrogens is 244 g/mol. The van der Waals surface area contributed by atoms with Crippen LogP contribution in [0, 0.1) is 5.92 Å². The monoisotopic (exact) mass is 270 g/mol. The summed E-state index contributed by atoms with van der Waals surface area (Å²) < 4.78 is 11.3. The normalized spacial score (nSPS) is 29.5. The average molecular weight is 270 g/mol. The van der Waals surface area contributed by atoms with Gasteiger partial charge in [0.25, 0.3) is 5.91 Å². The average Bonchev–Trinajstić information content (AvgIpc) is 2.94. The maximum Gasteiger partial charge on any atom is 0.251 e. The van der Waals surface area contributed by atoms with Crippen molar-refractivity contribution in [3.05, 3.63) is 0 Å². The Hall–Kier alpha value is -0.650. The van der Waals surface area contributed by atoms with Crippen LogP contribution in [-0.4, -0.2) is 55.9 Å². The molecule has 3 atom stereocenters. The van der Waals surface area contributed by atoms with Gasteiger partial charge in [0.2, 0.25) is 0 Å². The lowest BCUT2D eigenvalue weighted by atomic mass is 10.1. The second kappa shape index (κ2) is 7.22. The zero-order valence-electron chi connectivity index (χ0n) is 11.8. The van der Waals surface area contributed by atoms with Crippen LogP contribution in [0.2, 0.25) is 0 Å². The van der Waals surface area contributed by atoms with Crippen LogP contribution in [0.4, 0.5) is 0 Å². The fourth-order valence-electron chi connectivity index (χ4n) is 2.74. The Labute approximate surface area is 115 Å². The smallest absolute Gasteiger partial charge is 0.251 e. The van der Waals surface area contributed by atoms with Gasteiger partial charge in [0.05, 0.1) is 12.7 Å². The summed E-state index contributed by atoms with van der Waals surface area (Å²) in [5, 5.41) is 0. The molecule has 2 aliphatic heterocycles. The molecule has 5 heteroatoms. The van der Waals surface area contributed by atoms with Crippen molar-refractivity contribution in [3.63, 3.8) is 0 Å². The summed E-state index contributed by atoms with van der Waals surface area (Å²) in [7, 11) is 0. The molecule has 0 saturated carbocycles. The minimum Gasteiger partial charge on any atom is -0.376 e. The molecule has 2 heterocycles. The molecule has 1 amide bonds. The first-order valence-electron chi connectivity index (χ1n) is 7.42. The van der Waals surface area contributed by atoms with Crippen LogP contribution in [-0.2, 0) is 14.3 Å². The Kier molecular flexibility index (Phi) is 5.60. The van der Waals surface area contributed by atoms with E-state index >= 15 is 0 Å². The summed E-state index contributed by atoms with van der Waals surface area (Å²) in [5.74, 6) is 0.546. The quantitative estimate of drug-likeness (QED) is 0.801. The van der Waals surface area contributed by atoms with Gasteiger partial charge in [-0.05, 0) is 45.1 Å². The molecule has 0 aromatic heterocycles. The summed E-state index contributed by atoms with van der Waals surface area (Å²) in [5.41, 5.74) is 5.64. The Morgan fingerprint density at radius 1 is 1.47 bits per heavy atom. The van der Waals surface area contributed by atoms with Gasteiger partial charge in [0, 0.05) is 19.7 Å². The first kappa shape index (κ1) is 14.8. The molecule has 2 rings (SSSR count). The van der Waals surface area contributed by atoms with Gasteiger partial charge < -0.3 is 20.1 Å². The predicted octanol–water partition coefficient (Wildman–Crippen LogP) is 0.768. The van der Waals surface area contributed by atoms with E-state index in [0.29, 0.717) is 19.1 Å². The minimum atomic E-state index is -0.373. The Morgan fingerprint density at radius 3 is 2.95 bits per heavy atom. The molecule has 0 aromatic rings. The first-order valence-corrected chi connectivity index (χ1v) is 7.42. The number of likely N-dealkylation sites (tertiary alicyclic amines) is 1. The van der Waals surface area contributed by atoms with Crippen LogP contribution in [0.25, 0.3) is 0 Å². The largest absolute Gasteiger partial charge is 0.376 e. The van der Waals surface area contributed by atoms with E-state index in [1.807, 2.05) is 11.8 Å². The number of nitrogens with two attached hydrogens (primary N) is 1. The lowest BCUT2D eigenvalue weighted by Crippen LogP contribution is -2.39. The van der Waals surface area contributed by atoms with Crippen LogP contribution in [0.5, 0.6) is 0 Å². The van der Waals surface area contributed by atoms with Crippen molar-refractivity contribution < 1.29 is 14.3 Å². The van der Waals surface area contributed by atoms with Gasteiger partial charge in [-0.2, -0.15) is 0 Å². The lowest BCUT2D eigenvalue weighted by molar-refractivity contribution is -0.145. The minimum absolute atomic E-state index is 0.0896. The third-order valence-electron chi connectivity index (χ3n) is 4.08. The highest BCUT2D eigenvalue weighted by Crippen LogP contribution is 2.17. The van der Waals surface area contributed by atoms with Crippen LogP contribution < -0.4 is 5.73 Å². The van der Waals surface area contributed by atoms with Gasteiger partial charge in [0.1, 0.15) is 6.10 Å². The van der Waals surface area contributed by atoms with Crippen molar-refractivity contribution in [2.45, 2.75) is 44.8 Å². The highest BCUT2D eigenvalue weighted by atomic mass is 16.5. The van der Waals surface area contributed by atoms with Crippen molar-refractivity contribution in [3.8, 4) is 0 Å². The van der Waals surface area contributed by atoms with Crippen molar-refractivity contribution in [1.82, 2.24) is 4.90 Å². The highest BCUT2D eigenvalue weighted by Gasteiger charge is 2.29. The SMILES string of the molecule is CC(OCC1CCCCO1)C(=O)N1CCC(CN)C1. The third-order valence-corrected chi connectivity index (χ3v) is 4.08. The summed E-state index contributed by atoms with van der Waals surface area (Å²) in [4.78, 5) is 14.1. The standard InChI is InChI=1S/C14H26N2O3/c1-11(19-10-13-4-2-3-7-18-13)14(17)16-6-5-12(8-15)9-16/h11-13H,2-10,15H2,1H3. The molecule has 0 radical (unpaired) electrons. The van der Waals surface area contributed by atoms with Gasteiger partial charge in [0.15, 0.2) is 0 Å². The van der Waals surface area contributed by atoms with E-state index in [1.54, 1.807) is 0 Å². The summed E-state index contributed by atoms with van der Waals surface area (Å²) >= 11 is 0. The van der Waals surface area contributed by atoms with Gasteiger partial charge in [-0.3, -0.25) is 4.79 Å². The topological polar surface area (TPSA) is 64.8 Å². The van der Waals surface area contributed by atoms with Crippen LogP contribution >= 0.6 is 0 Å². The predicted molar refractivity (Wildman–Crippen MR) is 72.7 cm³/mol. The molecule has 5 nitrogen and oxygen atoms in total. The highest BCUT2D eigenvalue weighted by molar-refractivity contribution is 5.80. The fraction of sp³-hybridized carbons (Fsp3) is 0.929. The fourth-order valence-corrected chi connectivity index (χ4v) is 2.74. The van der Waals surface area contributed by atoms with Gasteiger partial charge in [-0.15, -0.1) is 0 Å². The Morgan fingerprint density at radius 2 is 2.32 bits per heavy atom. The number of carbonyl (C=O) groups excluding carboxylic acids is 1. The maximum absolute atomic E-state index is 12.2. The molecule has 0 aliphatic carbocycles. The Bertz CT molecular complexity index is 292. The van der Waals surface area contributed by atoms with Crippen molar-refractivity contribution in [2.24, 2.45) is 11.7 Å². The number of ether oxygens (including phenoxy) is 2. The lowest BCUT2D eigenvalue weighted by Gasteiger charge is -2.25. The molecule has 3 unspecified atom stereocenters. The number of carbonyl (C=O) groups is 1. The summed E-state index contributed by atoms with van der Waals surface area (Å²) in [6, 6.07) is 0. The zero-order chi connectivity index (χ0) is 13.7. The second-order valence-corrected chi connectivity index (χ2v) is 5.64.